The topological polar surface area (TPSA) is 63.9 Å². The van der Waals surface area contributed by atoms with Gasteiger partial charge in [-0.2, -0.15) is 0 Å². The summed E-state index contributed by atoms with van der Waals surface area (Å²) in [6.07, 6.45) is 0. The number of amides is 2. The third-order valence-electron chi connectivity index (χ3n) is 3.67. The minimum atomic E-state index is -0.179. The van der Waals surface area contributed by atoms with Gasteiger partial charge >= 0.3 is 6.03 Å². The van der Waals surface area contributed by atoms with Crippen molar-refractivity contribution in [3.63, 3.8) is 0 Å². The van der Waals surface area contributed by atoms with E-state index in [4.69, 9.17) is 13.9 Å². The van der Waals surface area contributed by atoms with E-state index >= 15 is 0 Å². The lowest BCUT2D eigenvalue weighted by Gasteiger charge is -2.35. The zero-order valence-electron chi connectivity index (χ0n) is 14.5. The van der Waals surface area contributed by atoms with Crippen LogP contribution in [0.3, 0.4) is 0 Å². The van der Waals surface area contributed by atoms with Gasteiger partial charge in [0.05, 0.1) is 25.9 Å². The van der Waals surface area contributed by atoms with Crippen LogP contribution in [0.4, 0.5) is 4.79 Å². The highest BCUT2D eigenvalue weighted by atomic mass is 16.5. The maximum atomic E-state index is 12.6. The lowest BCUT2D eigenvalue weighted by atomic mass is 10.2. The van der Waals surface area contributed by atoms with E-state index in [1.165, 1.54) is 0 Å². The monoisotopic (exact) mass is 324 g/mol. The van der Waals surface area contributed by atoms with Crippen LogP contribution in [0.5, 0.6) is 0 Å². The first-order valence-electron chi connectivity index (χ1n) is 8.26. The van der Waals surface area contributed by atoms with E-state index in [9.17, 15) is 4.79 Å². The van der Waals surface area contributed by atoms with Gasteiger partial charge in [-0.25, -0.2) is 4.79 Å². The normalized spacial score (nSPS) is 19.9. The lowest BCUT2D eigenvalue weighted by molar-refractivity contribution is 0.00256. The molecule has 0 spiro atoms. The highest BCUT2D eigenvalue weighted by Crippen LogP contribution is 2.25. The van der Waals surface area contributed by atoms with Gasteiger partial charge in [-0.15, -0.1) is 0 Å². The molecule has 0 aliphatic carbocycles. The summed E-state index contributed by atoms with van der Waals surface area (Å²) >= 11 is 0. The van der Waals surface area contributed by atoms with Crippen LogP contribution < -0.4 is 5.32 Å². The molecule has 23 heavy (non-hydrogen) atoms. The van der Waals surface area contributed by atoms with Crippen molar-refractivity contribution in [3.8, 4) is 0 Å². The van der Waals surface area contributed by atoms with Crippen LogP contribution in [0.25, 0.3) is 0 Å². The fraction of sp³-hybridized carbons (Fsp3) is 0.706. The fourth-order valence-corrected chi connectivity index (χ4v) is 2.53. The van der Waals surface area contributed by atoms with Gasteiger partial charge in [0.15, 0.2) is 0 Å². The molecule has 2 atom stereocenters. The molecule has 1 aliphatic rings. The molecule has 6 heteroatoms. The molecule has 0 aromatic carbocycles. The van der Waals surface area contributed by atoms with Gasteiger partial charge in [-0.05, 0) is 31.9 Å². The summed E-state index contributed by atoms with van der Waals surface area (Å²) in [5, 5.41) is 2.99. The second-order valence-corrected chi connectivity index (χ2v) is 6.51. The van der Waals surface area contributed by atoms with Gasteiger partial charge in [0.25, 0.3) is 0 Å². The minimum Gasteiger partial charge on any atom is -0.464 e. The number of urea groups is 1. The molecule has 1 saturated heterocycles. The molecular weight excluding hydrogens is 296 g/mol. The third kappa shape index (κ3) is 5.25. The van der Waals surface area contributed by atoms with E-state index in [0.717, 1.165) is 11.5 Å². The van der Waals surface area contributed by atoms with E-state index in [0.29, 0.717) is 38.9 Å². The third-order valence-corrected chi connectivity index (χ3v) is 3.67. The fourth-order valence-electron chi connectivity index (χ4n) is 2.53. The van der Waals surface area contributed by atoms with Gasteiger partial charge in [-0.1, -0.05) is 13.8 Å². The number of morpholine rings is 1. The minimum absolute atomic E-state index is 0.0388. The van der Waals surface area contributed by atoms with Crippen molar-refractivity contribution in [2.24, 2.45) is 5.92 Å². The molecule has 6 nitrogen and oxygen atoms in total. The molecule has 2 rings (SSSR count). The number of ether oxygens (including phenoxy) is 2. The Morgan fingerprint density at radius 2 is 2.17 bits per heavy atom. The molecule has 0 unspecified atom stereocenters. The van der Waals surface area contributed by atoms with Gasteiger partial charge < -0.3 is 24.1 Å². The van der Waals surface area contributed by atoms with Gasteiger partial charge in [0.2, 0.25) is 0 Å². The van der Waals surface area contributed by atoms with Crippen molar-refractivity contribution >= 4 is 6.03 Å². The summed E-state index contributed by atoms with van der Waals surface area (Å²) in [5.74, 6) is 2.09. The average molecular weight is 324 g/mol. The van der Waals surface area contributed by atoms with Crippen molar-refractivity contribution in [1.29, 1.82) is 0 Å². The summed E-state index contributed by atoms with van der Waals surface area (Å²) in [6, 6.07) is 3.49. The molecule has 2 heterocycles. The Bertz CT molecular complexity index is 501. The maximum Gasteiger partial charge on any atom is 0.318 e. The Balaban J connectivity index is 1.90. The molecule has 0 bridgehead atoms. The molecule has 1 aromatic rings. The Hall–Kier alpha value is -1.53. The van der Waals surface area contributed by atoms with Crippen molar-refractivity contribution in [2.45, 2.75) is 39.8 Å². The molecule has 1 N–H and O–H groups in total. The van der Waals surface area contributed by atoms with Crippen LogP contribution in [0.2, 0.25) is 0 Å². The average Bonchev–Trinajstić information content (AvgIpc) is 2.93. The quantitative estimate of drug-likeness (QED) is 0.874. The Morgan fingerprint density at radius 1 is 1.39 bits per heavy atom. The van der Waals surface area contributed by atoms with E-state index in [1.54, 1.807) is 4.90 Å². The van der Waals surface area contributed by atoms with Crippen LogP contribution in [0.15, 0.2) is 16.5 Å². The van der Waals surface area contributed by atoms with Crippen molar-refractivity contribution < 1.29 is 18.7 Å². The molecule has 1 aromatic heterocycles. The SMILES string of the molecule is Cc1ccc([C@H]2COCCN2C(=O)N[C@@H](C)COCC(C)C)o1. The van der Waals surface area contributed by atoms with Gasteiger partial charge in [-0.3, -0.25) is 0 Å². The summed E-state index contributed by atoms with van der Waals surface area (Å²) in [4.78, 5) is 14.3. The largest absolute Gasteiger partial charge is 0.464 e. The highest BCUT2D eigenvalue weighted by Gasteiger charge is 2.31. The zero-order valence-corrected chi connectivity index (χ0v) is 14.5. The second kappa shape index (κ2) is 8.36. The molecule has 0 radical (unpaired) electrons. The van der Waals surface area contributed by atoms with Crippen molar-refractivity contribution in [3.05, 3.63) is 23.7 Å². The molecule has 1 aliphatic heterocycles. The van der Waals surface area contributed by atoms with Gasteiger partial charge in [0.1, 0.15) is 17.6 Å². The summed E-state index contributed by atoms with van der Waals surface area (Å²) < 4.78 is 16.8. The molecule has 2 amide bonds. The first-order chi connectivity index (χ1) is 11.0. The summed E-state index contributed by atoms with van der Waals surface area (Å²) in [6.45, 7) is 10.8. The van der Waals surface area contributed by atoms with Gasteiger partial charge in [0, 0.05) is 13.2 Å². The van der Waals surface area contributed by atoms with Crippen molar-refractivity contribution in [2.75, 3.05) is 33.0 Å². The number of carbonyl (C=O) groups excluding carboxylic acids is 1. The highest BCUT2D eigenvalue weighted by molar-refractivity contribution is 5.75. The lowest BCUT2D eigenvalue weighted by Crippen LogP contribution is -2.50. The van der Waals surface area contributed by atoms with E-state index in [2.05, 4.69) is 19.2 Å². The van der Waals surface area contributed by atoms with Crippen molar-refractivity contribution in [1.82, 2.24) is 10.2 Å². The van der Waals surface area contributed by atoms with Crippen LogP contribution >= 0.6 is 0 Å². The number of hydrogen-bond acceptors (Lipinski definition) is 4. The maximum absolute atomic E-state index is 12.6. The first kappa shape index (κ1) is 17.8. The Kier molecular flexibility index (Phi) is 6.47. The predicted octanol–water partition coefficient (Wildman–Crippen LogP) is 2.73. The molecular formula is C17H28N2O4. The second-order valence-electron chi connectivity index (χ2n) is 6.51. The Labute approximate surface area is 138 Å². The van der Waals surface area contributed by atoms with Crippen LogP contribution in [0, 0.1) is 12.8 Å². The molecule has 1 fully saturated rings. The molecule has 0 saturated carbocycles. The molecule has 130 valence electrons. The predicted molar refractivity (Wildman–Crippen MR) is 87.4 cm³/mol. The number of aryl methyl sites for hydroxylation is 1. The van der Waals surface area contributed by atoms with Crippen LogP contribution in [0.1, 0.15) is 38.3 Å². The number of nitrogens with zero attached hydrogens (tertiary/aromatic N) is 1. The summed E-state index contributed by atoms with van der Waals surface area (Å²) in [5.41, 5.74) is 0. The first-order valence-corrected chi connectivity index (χ1v) is 8.26. The number of carbonyl (C=O) groups is 1. The smallest absolute Gasteiger partial charge is 0.318 e. The number of hydrogen-bond donors (Lipinski definition) is 1. The number of rotatable bonds is 6. The van der Waals surface area contributed by atoms with E-state index < -0.39 is 0 Å². The number of nitrogens with one attached hydrogen (secondary N) is 1. The number of furan rings is 1. The standard InChI is InChI=1S/C17H28N2O4/c1-12(2)9-22-10-13(3)18-17(20)19-7-8-21-11-15(19)16-6-5-14(4)23-16/h5-6,12-13,15H,7-11H2,1-4H3,(H,18,20)/t13-,15+/m0/s1. The van der Waals surface area contributed by atoms with E-state index in [1.807, 2.05) is 26.0 Å². The summed E-state index contributed by atoms with van der Waals surface area (Å²) in [7, 11) is 0. The van der Waals surface area contributed by atoms with Crippen LogP contribution in [-0.4, -0.2) is 49.9 Å². The van der Waals surface area contributed by atoms with Crippen LogP contribution in [-0.2, 0) is 9.47 Å². The van der Waals surface area contributed by atoms with E-state index in [-0.39, 0.29) is 18.1 Å². The Morgan fingerprint density at radius 3 is 2.83 bits per heavy atom. The zero-order chi connectivity index (χ0) is 16.8.